The van der Waals surface area contributed by atoms with Gasteiger partial charge in [0.2, 0.25) is 0 Å². The summed E-state index contributed by atoms with van der Waals surface area (Å²) in [7, 11) is 0. The van der Waals surface area contributed by atoms with Gasteiger partial charge in [0.05, 0.1) is 11.2 Å². The van der Waals surface area contributed by atoms with E-state index in [1.165, 1.54) is 0 Å². The molecule has 0 aromatic heterocycles. The quantitative estimate of drug-likeness (QED) is 0.657. The molecule has 0 aromatic rings. The van der Waals surface area contributed by atoms with E-state index in [1.54, 1.807) is 6.92 Å². The molecule has 0 radical (unpaired) electrons. The van der Waals surface area contributed by atoms with Crippen LogP contribution in [0.3, 0.4) is 0 Å². The molecular weight excluding hydrogens is 156 g/mol. The summed E-state index contributed by atoms with van der Waals surface area (Å²) in [5, 5.41) is 19.2. The minimum Gasteiger partial charge on any atom is -0.387 e. The predicted octanol–water partition coefficient (Wildman–Crippen LogP) is 1.03. The first-order valence-corrected chi connectivity index (χ1v) is 4.49. The second-order valence-corrected chi connectivity index (χ2v) is 3.97. The average molecular weight is 174 g/mol. The first kappa shape index (κ1) is 9.96. The summed E-state index contributed by atoms with van der Waals surface area (Å²) in [5.74, 6) is 0. The Bertz CT molecular complexity index is 167. The molecule has 0 aliphatic carbocycles. The van der Waals surface area contributed by atoms with Crippen LogP contribution in [0.2, 0.25) is 0 Å². The molecule has 1 saturated heterocycles. The second kappa shape index (κ2) is 2.98. The molecule has 0 amide bonds. The SMILES string of the molecule is CCC(C)(O)C1(C)CCC(O)O1. The summed E-state index contributed by atoms with van der Waals surface area (Å²) in [5.41, 5.74) is -1.42. The van der Waals surface area contributed by atoms with E-state index in [-0.39, 0.29) is 0 Å². The van der Waals surface area contributed by atoms with Gasteiger partial charge in [-0.05, 0) is 26.7 Å². The zero-order valence-electron chi connectivity index (χ0n) is 8.00. The standard InChI is InChI=1S/C9H18O3/c1-4-8(2,11)9(3)6-5-7(10)12-9/h7,10-11H,4-6H2,1-3H3. The lowest BCUT2D eigenvalue weighted by Gasteiger charge is -2.38. The summed E-state index contributed by atoms with van der Waals surface area (Å²) in [6, 6.07) is 0. The maximum absolute atomic E-state index is 9.96. The number of hydrogen-bond donors (Lipinski definition) is 2. The molecule has 0 aromatic carbocycles. The molecule has 3 nitrogen and oxygen atoms in total. The smallest absolute Gasteiger partial charge is 0.155 e. The van der Waals surface area contributed by atoms with Gasteiger partial charge in [-0.3, -0.25) is 0 Å². The Balaban J connectivity index is 2.72. The maximum Gasteiger partial charge on any atom is 0.155 e. The van der Waals surface area contributed by atoms with E-state index in [4.69, 9.17) is 4.74 Å². The van der Waals surface area contributed by atoms with E-state index in [9.17, 15) is 10.2 Å². The van der Waals surface area contributed by atoms with Gasteiger partial charge in [0.25, 0.3) is 0 Å². The van der Waals surface area contributed by atoms with Crippen LogP contribution in [0.15, 0.2) is 0 Å². The van der Waals surface area contributed by atoms with Crippen LogP contribution in [0.5, 0.6) is 0 Å². The Kier molecular flexibility index (Phi) is 2.47. The zero-order valence-corrected chi connectivity index (χ0v) is 8.00. The third-order valence-corrected chi connectivity index (χ3v) is 3.09. The Morgan fingerprint density at radius 1 is 1.67 bits per heavy atom. The van der Waals surface area contributed by atoms with Crippen LogP contribution in [-0.4, -0.2) is 27.7 Å². The van der Waals surface area contributed by atoms with Crippen molar-refractivity contribution in [3.05, 3.63) is 0 Å². The van der Waals surface area contributed by atoms with Crippen LogP contribution in [0, 0.1) is 0 Å². The highest BCUT2D eigenvalue weighted by Gasteiger charge is 2.48. The molecular formula is C9H18O3. The lowest BCUT2D eigenvalue weighted by atomic mass is 9.82. The van der Waals surface area contributed by atoms with Gasteiger partial charge in [0, 0.05) is 6.42 Å². The summed E-state index contributed by atoms with van der Waals surface area (Å²) < 4.78 is 5.31. The number of hydrogen-bond acceptors (Lipinski definition) is 3. The van der Waals surface area contributed by atoms with Crippen molar-refractivity contribution >= 4 is 0 Å². The van der Waals surface area contributed by atoms with Crippen LogP contribution in [0.25, 0.3) is 0 Å². The molecule has 2 N–H and O–H groups in total. The zero-order chi connectivity index (χ0) is 9.41. The second-order valence-electron chi connectivity index (χ2n) is 3.97. The Labute approximate surface area is 73.4 Å². The topological polar surface area (TPSA) is 49.7 Å². The molecule has 12 heavy (non-hydrogen) atoms. The number of aliphatic hydroxyl groups is 2. The predicted molar refractivity (Wildman–Crippen MR) is 45.6 cm³/mol. The largest absolute Gasteiger partial charge is 0.387 e. The van der Waals surface area contributed by atoms with Crippen LogP contribution >= 0.6 is 0 Å². The molecule has 0 saturated carbocycles. The van der Waals surface area contributed by atoms with Gasteiger partial charge in [0.1, 0.15) is 0 Å². The Morgan fingerprint density at radius 3 is 2.58 bits per heavy atom. The third-order valence-electron chi connectivity index (χ3n) is 3.09. The summed E-state index contributed by atoms with van der Waals surface area (Å²) in [6.07, 6.45) is 1.27. The molecule has 1 aliphatic rings. The van der Waals surface area contributed by atoms with Crippen molar-refractivity contribution in [3.8, 4) is 0 Å². The molecule has 1 aliphatic heterocycles. The van der Waals surface area contributed by atoms with Gasteiger partial charge in [0.15, 0.2) is 6.29 Å². The molecule has 72 valence electrons. The molecule has 0 spiro atoms. The highest BCUT2D eigenvalue weighted by molar-refractivity contribution is 4.97. The molecule has 1 fully saturated rings. The average Bonchev–Trinajstić information content (AvgIpc) is 2.33. The highest BCUT2D eigenvalue weighted by atomic mass is 16.6. The van der Waals surface area contributed by atoms with Crippen LogP contribution in [-0.2, 0) is 4.74 Å². The van der Waals surface area contributed by atoms with E-state index >= 15 is 0 Å². The third kappa shape index (κ3) is 1.49. The van der Waals surface area contributed by atoms with Crippen molar-refractivity contribution in [1.82, 2.24) is 0 Å². The molecule has 3 heteroatoms. The van der Waals surface area contributed by atoms with Crippen LogP contribution < -0.4 is 0 Å². The van der Waals surface area contributed by atoms with Gasteiger partial charge in [-0.1, -0.05) is 6.92 Å². The van der Waals surface area contributed by atoms with E-state index in [0.717, 1.165) is 6.42 Å². The van der Waals surface area contributed by atoms with Crippen molar-refractivity contribution < 1.29 is 14.9 Å². The number of ether oxygens (including phenoxy) is 1. The minimum absolute atomic E-state index is 0.582. The lowest BCUT2D eigenvalue weighted by molar-refractivity contribution is -0.203. The van der Waals surface area contributed by atoms with Crippen molar-refractivity contribution in [1.29, 1.82) is 0 Å². The van der Waals surface area contributed by atoms with Crippen LogP contribution in [0.1, 0.15) is 40.0 Å². The molecule has 3 unspecified atom stereocenters. The molecule has 0 bridgehead atoms. The van der Waals surface area contributed by atoms with Gasteiger partial charge < -0.3 is 14.9 Å². The first-order chi connectivity index (χ1) is 5.41. The Morgan fingerprint density at radius 2 is 2.25 bits per heavy atom. The first-order valence-electron chi connectivity index (χ1n) is 4.49. The fourth-order valence-electron chi connectivity index (χ4n) is 1.59. The van der Waals surface area contributed by atoms with Gasteiger partial charge in [-0.25, -0.2) is 0 Å². The van der Waals surface area contributed by atoms with E-state index < -0.39 is 17.5 Å². The highest BCUT2D eigenvalue weighted by Crippen LogP contribution is 2.39. The minimum atomic E-state index is -0.843. The summed E-state index contributed by atoms with van der Waals surface area (Å²) >= 11 is 0. The van der Waals surface area contributed by atoms with Crippen molar-refractivity contribution in [2.75, 3.05) is 0 Å². The molecule has 1 rings (SSSR count). The van der Waals surface area contributed by atoms with Crippen molar-refractivity contribution in [2.24, 2.45) is 0 Å². The lowest BCUT2D eigenvalue weighted by Crippen LogP contribution is -2.49. The number of aliphatic hydroxyl groups excluding tert-OH is 1. The van der Waals surface area contributed by atoms with E-state index in [0.29, 0.717) is 12.8 Å². The maximum atomic E-state index is 9.96. The van der Waals surface area contributed by atoms with Crippen molar-refractivity contribution in [3.63, 3.8) is 0 Å². The van der Waals surface area contributed by atoms with E-state index in [1.807, 2.05) is 13.8 Å². The van der Waals surface area contributed by atoms with Gasteiger partial charge >= 0.3 is 0 Å². The summed E-state index contributed by atoms with van der Waals surface area (Å²) in [6.45, 7) is 5.52. The van der Waals surface area contributed by atoms with Gasteiger partial charge in [-0.2, -0.15) is 0 Å². The number of rotatable bonds is 2. The molecule has 1 heterocycles. The fraction of sp³-hybridized carbons (Fsp3) is 1.00. The normalized spacial score (nSPS) is 41.2. The van der Waals surface area contributed by atoms with E-state index in [2.05, 4.69) is 0 Å². The monoisotopic (exact) mass is 174 g/mol. The Hall–Kier alpha value is -0.120. The van der Waals surface area contributed by atoms with Crippen LogP contribution in [0.4, 0.5) is 0 Å². The molecule has 3 atom stereocenters. The fourth-order valence-corrected chi connectivity index (χ4v) is 1.59. The van der Waals surface area contributed by atoms with Crippen molar-refractivity contribution in [2.45, 2.75) is 57.5 Å². The van der Waals surface area contributed by atoms with Gasteiger partial charge in [-0.15, -0.1) is 0 Å². The summed E-state index contributed by atoms with van der Waals surface area (Å²) in [4.78, 5) is 0.